The Morgan fingerprint density at radius 1 is 1.19 bits per heavy atom. The molecule has 0 saturated carbocycles. The summed E-state index contributed by atoms with van der Waals surface area (Å²) in [5.41, 5.74) is 3.29. The fourth-order valence-corrected chi connectivity index (χ4v) is 3.52. The molecule has 130 valence electrons. The van der Waals surface area contributed by atoms with Crippen molar-refractivity contribution in [3.05, 3.63) is 72.6 Å². The first-order chi connectivity index (χ1) is 12.7. The minimum Gasteiger partial charge on any atom is -0.298 e. The molecular formula is C20H19N5S. The maximum Gasteiger partial charge on any atom is 0.193 e. The van der Waals surface area contributed by atoms with Gasteiger partial charge < -0.3 is 0 Å². The molecule has 0 aliphatic heterocycles. The SMILES string of the molecule is C=CCn1c(S[C@@H](C#N)Cc2ccc(C)cc2)nnc1-c1ccncc1. The second-order valence-electron chi connectivity index (χ2n) is 5.87. The molecule has 5 nitrogen and oxygen atoms in total. The zero-order chi connectivity index (χ0) is 18.4. The smallest absolute Gasteiger partial charge is 0.193 e. The van der Waals surface area contributed by atoms with Crippen molar-refractivity contribution in [2.24, 2.45) is 0 Å². The molecule has 3 aromatic rings. The largest absolute Gasteiger partial charge is 0.298 e. The third-order valence-electron chi connectivity index (χ3n) is 3.90. The van der Waals surface area contributed by atoms with Crippen LogP contribution in [0.5, 0.6) is 0 Å². The highest BCUT2D eigenvalue weighted by Gasteiger charge is 2.18. The van der Waals surface area contributed by atoms with Crippen LogP contribution in [0.3, 0.4) is 0 Å². The lowest BCUT2D eigenvalue weighted by Crippen LogP contribution is -2.07. The van der Waals surface area contributed by atoms with E-state index in [1.54, 1.807) is 18.5 Å². The van der Waals surface area contributed by atoms with Crippen molar-refractivity contribution in [2.45, 2.75) is 30.3 Å². The van der Waals surface area contributed by atoms with Gasteiger partial charge in [-0.15, -0.1) is 16.8 Å². The van der Waals surface area contributed by atoms with Crippen LogP contribution in [0.2, 0.25) is 0 Å². The van der Waals surface area contributed by atoms with Gasteiger partial charge >= 0.3 is 0 Å². The predicted molar refractivity (Wildman–Crippen MR) is 104 cm³/mol. The van der Waals surface area contributed by atoms with Gasteiger partial charge in [0.1, 0.15) is 5.25 Å². The molecule has 0 bridgehead atoms. The van der Waals surface area contributed by atoms with E-state index in [0.717, 1.165) is 22.1 Å². The number of nitriles is 1. The summed E-state index contributed by atoms with van der Waals surface area (Å²) in [5, 5.41) is 18.7. The second-order valence-corrected chi connectivity index (χ2v) is 7.04. The van der Waals surface area contributed by atoms with Crippen molar-refractivity contribution in [1.29, 1.82) is 5.26 Å². The first kappa shape index (κ1) is 17.9. The molecule has 0 amide bonds. The van der Waals surface area contributed by atoms with Crippen molar-refractivity contribution in [2.75, 3.05) is 0 Å². The zero-order valence-corrected chi connectivity index (χ0v) is 15.4. The van der Waals surface area contributed by atoms with Crippen molar-refractivity contribution >= 4 is 11.8 Å². The number of aromatic nitrogens is 4. The van der Waals surface area contributed by atoms with Gasteiger partial charge in [-0.2, -0.15) is 5.26 Å². The number of hydrogen-bond acceptors (Lipinski definition) is 5. The maximum atomic E-state index is 9.59. The van der Waals surface area contributed by atoms with Crippen molar-refractivity contribution in [3.8, 4) is 17.5 Å². The topological polar surface area (TPSA) is 67.4 Å². The Morgan fingerprint density at radius 2 is 1.92 bits per heavy atom. The Kier molecular flexibility index (Phi) is 5.82. The van der Waals surface area contributed by atoms with Crippen molar-refractivity contribution in [1.82, 2.24) is 19.7 Å². The zero-order valence-electron chi connectivity index (χ0n) is 14.5. The lowest BCUT2D eigenvalue weighted by atomic mass is 10.1. The third-order valence-corrected chi connectivity index (χ3v) is 4.97. The first-order valence-electron chi connectivity index (χ1n) is 8.27. The summed E-state index contributed by atoms with van der Waals surface area (Å²) < 4.78 is 1.98. The number of thioether (sulfide) groups is 1. The molecular weight excluding hydrogens is 342 g/mol. The molecule has 6 heteroatoms. The van der Waals surface area contributed by atoms with Crippen LogP contribution in [0.1, 0.15) is 11.1 Å². The van der Waals surface area contributed by atoms with Gasteiger partial charge in [0.05, 0.1) is 6.07 Å². The summed E-state index contributed by atoms with van der Waals surface area (Å²) in [6.07, 6.45) is 5.92. The van der Waals surface area contributed by atoms with E-state index in [9.17, 15) is 5.26 Å². The summed E-state index contributed by atoms with van der Waals surface area (Å²) >= 11 is 1.43. The summed E-state index contributed by atoms with van der Waals surface area (Å²) in [6.45, 7) is 6.46. The van der Waals surface area contributed by atoms with Crippen LogP contribution >= 0.6 is 11.8 Å². The third kappa shape index (κ3) is 4.19. The molecule has 0 aliphatic carbocycles. The molecule has 26 heavy (non-hydrogen) atoms. The van der Waals surface area contributed by atoms with Crippen molar-refractivity contribution < 1.29 is 0 Å². The molecule has 0 unspecified atom stereocenters. The molecule has 2 heterocycles. The van der Waals surface area contributed by atoms with Crippen LogP contribution in [-0.2, 0) is 13.0 Å². The highest BCUT2D eigenvalue weighted by Crippen LogP contribution is 2.28. The Balaban J connectivity index is 1.84. The number of pyridine rings is 1. The van der Waals surface area contributed by atoms with E-state index in [-0.39, 0.29) is 5.25 Å². The van der Waals surface area contributed by atoms with E-state index in [0.29, 0.717) is 13.0 Å². The monoisotopic (exact) mass is 361 g/mol. The molecule has 2 aromatic heterocycles. The Labute approximate surface area is 157 Å². The normalized spacial score (nSPS) is 11.7. The lowest BCUT2D eigenvalue weighted by Gasteiger charge is -2.11. The van der Waals surface area contributed by atoms with Crippen LogP contribution in [0.4, 0.5) is 0 Å². The molecule has 1 aromatic carbocycles. The second kappa shape index (κ2) is 8.45. The summed E-state index contributed by atoms with van der Waals surface area (Å²) in [4.78, 5) is 4.04. The van der Waals surface area contributed by atoms with E-state index in [4.69, 9.17) is 0 Å². The van der Waals surface area contributed by atoms with E-state index in [2.05, 4.69) is 59.0 Å². The van der Waals surface area contributed by atoms with Gasteiger partial charge in [-0.1, -0.05) is 47.7 Å². The number of aryl methyl sites for hydroxylation is 1. The van der Waals surface area contributed by atoms with Crippen LogP contribution in [0.25, 0.3) is 11.4 Å². The van der Waals surface area contributed by atoms with Crippen LogP contribution in [-0.4, -0.2) is 25.0 Å². The van der Waals surface area contributed by atoms with Gasteiger partial charge in [0, 0.05) is 24.5 Å². The van der Waals surface area contributed by atoms with Crippen LogP contribution < -0.4 is 0 Å². The van der Waals surface area contributed by atoms with E-state index >= 15 is 0 Å². The average molecular weight is 361 g/mol. The number of hydrogen-bond donors (Lipinski definition) is 0. The summed E-state index contributed by atoms with van der Waals surface area (Å²) in [5.74, 6) is 0.752. The van der Waals surface area contributed by atoms with Crippen LogP contribution in [0.15, 0.2) is 66.6 Å². The molecule has 0 spiro atoms. The molecule has 0 aliphatic rings. The van der Waals surface area contributed by atoms with Gasteiger partial charge in [0.15, 0.2) is 11.0 Å². The molecule has 1 atom stereocenters. The molecule has 0 fully saturated rings. The summed E-state index contributed by atoms with van der Waals surface area (Å²) in [6, 6.07) is 14.4. The van der Waals surface area contributed by atoms with E-state index in [1.165, 1.54) is 17.3 Å². The lowest BCUT2D eigenvalue weighted by molar-refractivity contribution is 0.729. The van der Waals surface area contributed by atoms with E-state index < -0.39 is 0 Å². The quantitative estimate of drug-likeness (QED) is 0.469. The van der Waals surface area contributed by atoms with E-state index in [1.807, 2.05) is 16.7 Å². The molecule has 0 radical (unpaired) electrons. The van der Waals surface area contributed by atoms with Gasteiger partial charge in [0.2, 0.25) is 0 Å². The maximum absolute atomic E-state index is 9.59. The number of benzene rings is 1. The fourth-order valence-electron chi connectivity index (χ4n) is 2.56. The Hall–Kier alpha value is -2.91. The fraction of sp³-hybridized carbons (Fsp3) is 0.200. The molecule has 0 N–H and O–H groups in total. The highest BCUT2D eigenvalue weighted by molar-refractivity contribution is 8.00. The molecule has 0 saturated heterocycles. The Bertz CT molecular complexity index is 910. The van der Waals surface area contributed by atoms with Gasteiger partial charge in [-0.25, -0.2) is 0 Å². The summed E-state index contributed by atoms with van der Waals surface area (Å²) in [7, 11) is 0. The highest BCUT2D eigenvalue weighted by atomic mass is 32.2. The standard InChI is InChI=1S/C20H19N5S/c1-3-12-25-19(17-8-10-22-11-9-17)23-24-20(25)26-18(14-21)13-16-6-4-15(2)5-7-16/h3-11,18H,1,12-13H2,2H3/t18-/m1/s1. The predicted octanol–water partition coefficient (Wildman–Crippen LogP) is 4.06. The first-order valence-corrected chi connectivity index (χ1v) is 9.15. The number of nitrogens with zero attached hydrogens (tertiary/aromatic N) is 5. The van der Waals surface area contributed by atoms with Gasteiger partial charge in [-0.05, 0) is 31.0 Å². The van der Waals surface area contributed by atoms with Gasteiger partial charge in [-0.3, -0.25) is 9.55 Å². The molecule has 3 rings (SSSR count). The van der Waals surface area contributed by atoms with Gasteiger partial charge in [0.25, 0.3) is 0 Å². The minimum absolute atomic E-state index is 0.240. The van der Waals surface area contributed by atoms with Crippen molar-refractivity contribution in [3.63, 3.8) is 0 Å². The minimum atomic E-state index is -0.240. The average Bonchev–Trinajstić information content (AvgIpc) is 3.06. The number of rotatable bonds is 7. The number of allylic oxidation sites excluding steroid dienone is 1. The van der Waals surface area contributed by atoms with Crippen LogP contribution in [0, 0.1) is 18.3 Å². The Morgan fingerprint density at radius 3 is 2.58 bits per heavy atom.